The molecule has 0 atom stereocenters. The molecule has 19 heavy (non-hydrogen) atoms. The highest BCUT2D eigenvalue weighted by atomic mass is 15.1. The third kappa shape index (κ3) is 3.16. The van der Waals surface area contributed by atoms with E-state index in [1.807, 2.05) is 0 Å². The third-order valence-electron chi connectivity index (χ3n) is 5.87. The summed E-state index contributed by atoms with van der Waals surface area (Å²) in [7, 11) is 2.34. The number of rotatable bonds is 7. The second-order valence-corrected chi connectivity index (χ2v) is 7.91. The molecule has 0 aromatic rings. The SMILES string of the molecule is CCCNCCN(C)CC12CC3CC(CC(C3)C1)C2. The van der Waals surface area contributed by atoms with Crippen LogP contribution in [0.15, 0.2) is 0 Å². The highest BCUT2D eigenvalue weighted by molar-refractivity contribution is 5.02. The van der Waals surface area contributed by atoms with Gasteiger partial charge < -0.3 is 10.2 Å². The van der Waals surface area contributed by atoms with Crippen molar-refractivity contribution in [1.29, 1.82) is 0 Å². The predicted octanol–water partition coefficient (Wildman–Crippen LogP) is 3.13. The van der Waals surface area contributed by atoms with Gasteiger partial charge in [0.2, 0.25) is 0 Å². The molecule has 0 aromatic carbocycles. The minimum Gasteiger partial charge on any atom is -0.315 e. The molecule has 0 saturated heterocycles. The molecule has 4 aliphatic rings. The zero-order valence-corrected chi connectivity index (χ0v) is 13.0. The number of nitrogens with zero attached hydrogens (tertiary/aromatic N) is 1. The fourth-order valence-corrected chi connectivity index (χ4v) is 5.71. The smallest absolute Gasteiger partial charge is 0.0104 e. The Morgan fingerprint density at radius 2 is 1.58 bits per heavy atom. The Hall–Kier alpha value is -0.0800. The normalized spacial score (nSPS) is 40.3. The Bertz CT molecular complexity index is 264. The van der Waals surface area contributed by atoms with Gasteiger partial charge in [-0.25, -0.2) is 0 Å². The molecule has 4 saturated carbocycles. The number of hydrogen-bond donors (Lipinski definition) is 1. The molecule has 0 radical (unpaired) electrons. The molecule has 4 bridgehead atoms. The van der Waals surface area contributed by atoms with Gasteiger partial charge in [0.05, 0.1) is 0 Å². The lowest BCUT2D eigenvalue weighted by Crippen LogP contribution is -2.51. The van der Waals surface area contributed by atoms with Crippen molar-refractivity contribution < 1.29 is 0 Å². The molecule has 2 heteroatoms. The predicted molar refractivity (Wildman–Crippen MR) is 81.3 cm³/mol. The maximum absolute atomic E-state index is 3.53. The van der Waals surface area contributed by atoms with E-state index in [0.29, 0.717) is 5.41 Å². The summed E-state index contributed by atoms with van der Waals surface area (Å²) in [5.41, 5.74) is 0.717. The van der Waals surface area contributed by atoms with E-state index in [4.69, 9.17) is 0 Å². The van der Waals surface area contributed by atoms with Crippen LogP contribution in [0.1, 0.15) is 51.9 Å². The molecule has 4 aliphatic carbocycles. The van der Waals surface area contributed by atoms with Crippen molar-refractivity contribution in [2.45, 2.75) is 51.9 Å². The number of nitrogens with one attached hydrogen (secondary N) is 1. The zero-order valence-electron chi connectivity index (χ0n) is 13.0. The molecule has 0 heterocycles. The molecule has 0 aliphatic heterocycles. The Labute approximate surface area is 119 Å². The van der Waals surface area contributed by atoms with Crippen molar-refractivity contribution >= 4 is 0 Å². The van der Waals surface area contributed by atoms with Crippen molar-refractivity contribution in [2.24, 2.45) is 23.2 Å². The molecule has 1 N–H and O–H groups in total. The number of likely N-dealkylation sites (N-methyl/N-ethyl adjacent to an activating group) is 1. The van der Waals surface area contributed by atoms with E-state index in [2.05, 4.69) is 24.2 Å². The second-order valence-electron chi connectivity index (χ2n) is 7.91. The van der Waals surface area contributed by atoms with E-state index in [0.717, 1.165) is 24.3 Å². The first-order valence-electron chi connectivity index (χ1n) is 8.58. The molecule has 4 rings (SSSR count). The summed E-state index contributed by atoms with van der Waals surface area (Å²) in [6.07, 6.45) is 10.6. The van der Waals surface area contributed by atoms with Crippen LogP contribution in [-0.4, -0.2) is 38.1 Å². The van der Waals surface area contributed by atoms with Crippen LogP contribution < -0.4 is 5.32 Å². The first kappa shape index (κ1) is 13.9. The van der Waals surface area contributed by atoms with E-state index in [-0.39, 0.29) is 0 Å². The molecule has 2 nitrogen and oxygen atoms in total. The van der Waals surface area contributed by atoms with E-state index < -0.39 is 0 Å². The van der Waals surface area contributed by atoms with Crippen molar-refractivity contribution in [3.8, 4) is 0 Å². The Morgan fingerprint density at radius 1 is 1.00 bits per heavy atom. The molecular formula is C17H32N2. The van der Waals surface area contributed by atoms with Crippen molar-refractivity contribution in [2.75, 3.05) is 33.2 Å². The van der Waals surface area contributed by atoms with Gasteiger partial charge in [0, 0.05) is 19.6 Å². The topological polar surface area (TPSA) is 15.3 Å². The first-order chi connectivity index (χ1) is 9.19. The van der Waals surface area contributed by atoms with Crippen molar-refractivity contribution in [3.63, 3.8) is 0 Å². The summed E-state index contributed by atoms with van der Waals surface area (Å²) in [4.78, 5) is 2.61. The molecule has 0 amide bonds. The van der Waals surface area contributed by atoms with Crippen molar-refractivity contribution in [3.05, 3.63) is 0 Å². The lowest BCUT2D eigenvalue weighted by molar-refractivity contribution is -0.0659. The monoisotopic (exact) mass is 264 g/mol. The van der Waals surface area contributed by atoms with Gasteiger partial charge in [0.25, 0.3) is 0 Å². The van der Waals surface area contributed by atoms with Crippen LogP contribution in [-0.2, 0) is 0 Å². The quantitative estimate of drug-likeness (QED) is 0.711. The van der Waals surface area contributed by atoms with Crippen molar-refractivity contribution in [1.82, 2.24) is 10.2 Å². The maximum atomic E-state index is 3.53. The standard InChI is InChI=1S/C17H32N2/c1-3-4-18-5-6-19(2)13-17-10-14-7-15(11-17)9-16(8-14)12-17/h14-16,18H,3-13H2,1-2H3. The van der Waals surface area contributed by atoms with Crippen LogP contribution in [0.5, 0.6) is 0 Å². The maximum Gasteiger partial charge on any atom is 0.0104 e. The first-order valence-corrected chi connectivity index (χ1v) is 8.58. The lowest BCUT2D eigenvalue weighted by Gasteiger charge is -2.57. The lowest BCUT2D eigenvalue weighted by atomic mass is 9.49. The molecule has 4 fully saturated rings. The van der Waals surface area contributed by atoms with Crippen LogP contribution in [0, 0.1) is 23.2 Å². The van der Waals surface area contributed by atoms with Crippen LogP contribution >= 0.6 is 0 Å². The average molecular weight is 264 g/mol. The van der Waals surface area contributed by atoms with Crippen LogP contribution in [0.25, 0.3) is 0 Å². The van der Waals surface area contributed by atoms with Crippen LogP contribution in [0.3, 0.4) is 0 Å². The molecule has 0 spiro atoms. The summed E-state index contributed by atoms with van der Waals surface area (Å²) in [5.74, 6) is 3.29. The van der Waals surface area contributed by atoms with E-state index in [1.54, 1.807) is 38.5 Å². The summed E-state index contributed by atoms with van der Waals surface area (Å²) < 4.78 is 0. The van der Waals surface area contributed by atoms with Crippen LogP contribution in [0.4, 0.5) is 0 Å². The van der Waals surface area contributed by atoms with Crippen LogP contribution in [0.2, 0.25) is 0 Å². The summed E-state index contributed by atoms with van der Waals surface area (Å²) in [6.45, 7) is 7.17. The van der Waals surface area contributed by atoms with Gasteiger partial charge in [0.1, 0.15) is 0 Å². The highest BCUT2D eigenvalue weighted by Gasteiger charge is 2.50. The fourth-order valence-electron chi connectivity index (χ4n) is 5.71. The van der Waals surface area contributed by atoms with Gasteiger partial charge in [-0.3, -0.25) is 0 Å². The van der Waals surface area contributed by atoms with Gasteiger partial charge in [-0.1, -0.05) is 6.92 Å². The third-order valence-corrected chi connectivity index (χ3v) is 5.87. The second kappa shape index (κ2) is 5.73. The Morgan fingerprint density at radius 3 is 2.11 bits per heavy atom. The molecule has 0 unspecified atom stereocenters. The zero-order chi connectivity index (χ0) is 13.3. The van der Waals surface area contributed by atoms with Gasteiger partial charge >= 0.3 is 0 Å². The van der Waals surface area contributed by atoms with E-state index in [9.17, 15) is 0 Å². The Kier molecular flexibility index (Phi) is 4.19. The summed E-state index contributed by atoms with van der Waals surface area (Å²) >= 11 is 0. The number of hydrogen-bond acceptors (Lipinski definition) is 2. The van der Waals surface area contributed by atoms with E-state index in [1.165, 1.54) is 26.1 Å². The molecule has 0 aromatic heterocycles. The van der Waals surface area contributed by atoms with Gasteiger partial charge in [0.15, 0.2) is 0 Å². The van der Waals surface area contributed by atoms with Gasteiger partial charge in [-0.05, 0) is 81.7 Å². The largest absolute Gasteiger partial charge is 0.315 e. The van der Waals surface area contributed by atoms with E-state index >= 15 is 0 Å². The van der Waals surface area contributed by atoms with Gasteiger partial charge in [-0.15, -0.1) is 0 Å². The fraction of sp³-hybridized carbons (Fsp3) is 1.00. The molecular weight excluding hydrogens is 232 g/mol. The highest BCUT2D eigenvalue weighted by Crippen LogP contribution is 2.60. The minimum atomic E-state index is 0.717. The van der Waals surface area contributed by atoms with Gasteiger partial charge in [-0.2, -0.15) is 0 Å². The summed E-state index contributed by atoms with van der Waals surface area (Å²) in [6, 6.07) is 0. The minimum absolute atomic E-state index is 0.717. The average Bonchev–Trinajstić information content (AvgIpc) is 2.32. The molecule has 110 valence electrons. The summed E-state index contributed by atoms with van der Waals surface area (Å²) in [5, 5.41) is 3.53. The Balaban J connectivity index is 1.49.